The summed E-state index contributed by atoms with van der Waals surface area (Å²) in [7, 11) is 0. The van der Waals surface area contributed by atoms with E-state index in [1.54, 1.807) is 18.2 Å². The number of phenolic OH excluding ortho intramolecular Hbond substituents is 1. The van der Waals surface area contributed by atoms with E-state index < -0.39 is 0 Å². The van der Waals surface area contributed by atoms with Crippen LogP contribution >= 0.6 is 23.2 Å². The van der Waals surface area contributed by atoms with Crippen molar-refractivity contribution < 1.29 is 5.11 Å². The Balaban J connectivity index is 2.23. The van der Waals surface area contributed by atoms with Crippen LogP contribution in [0.25, 0.3) is 0 Å². The minimum Gasteiger partial charge on any atom is -0.508 e. The van der Waals surface area contributed by atoms with Crippen molar-refractivity contribution in [1.82, 2.24) is 0 Å². The summed E-state index contributed by atoms with van der Waals surface area (Å²) in [6.07, 6.45) is 0.732. The molecule has 0 atom stereocenters. The molecule has 82 valence electrons. The third-order valence-electron chi connectivity index (χ3n) is 2.35. The highest BCUT2D eigenvalue weighted by atomic mass is 35.5. The molecule has 0 saturated heterocycles. The number of benzene rings is 2. The van der Waals surface area contributed by atoms with Crippen molar-refractivity contribution in [2.75, 3.05) is 0 Å². The van der Waals surface area contributed by atoms with E-state index in [0.717, 1.165) is 17.5 Å². The molecule has 1 N–H and O–H groups in total. The first-order valence-electron chi connectivity index (χ1n) is 4.87. The lowest BCUT2D eigenvalue weighted by Gasteiger charge is -2.05. The molecule has 2 aromatic rings. The Morgan fingerprint density at radius 2 is 1.62 bits per heavy atom. The van der Waals surface area contributed by atoms with Gasteiger partial charge in [-0.15, -0.1) is 0 Å². The summed E-state index contributed by atoms with van der Waals surface area (Å²) in [5, 5.41) is 10.5. The quantitative estimate of drug-likeness (QED) is 0.846. The van der Waals surface area contributed by atoms with Crippen LogP contribution in [-0.4, -0.2) is 5.11 Å². The van der Waals surface area contributed by atoms with E-state index in [9.17, 15) is 5.11 Å². The topological polar surface area (TPSA) is 20.2 Å². The summed E-state index contributed by atoms with van der Waals surface area (Å²) in [5.74, 6) is 0.269. The summed E-state index contributed by atoms with van der Waals surface area (Å²) in [4.78, 5) is 0. The largest absolute Gasteiger partial charge is 0.508 e. The van der Waals surface area contributed by atoms with Crippen molar-refractivity contribution in [2.24, 2.45) is 0 Å². The molecule has 16 heavy (non-hydrogen) atoms. The standard InChI is InChI=1S/C13H10Cl2O/c14-11-4-3-10(13(15)8-11)7-9-1-5-12(16)6-2-9/h1-6,8,16H,7H2. The zero-order valence-electron chi connectivity index (χ0n) is 8.45. The lowest BCUT2D eigenvalue weighted by molar-refractivity contribution is 0.475. The third-order valence-corrected chi connectivity index (χ3v) is 2.93. The number of hydrogen-bond donors (Lipinski definition) is 1. The lowest BCUT2D eigenvalue weighted by Crippen LogP contribution is -1.88. The van der Waals surface area contributed by atoms with Gasteiger partial charge in [0.25, 0.3) is 0 Å². The van der Waals surface area contributed by atoms with Gasteiger partial charge in [-0.3, -0.25) is 0 Å². The number of halogens is 2. The van der Waals surface area contributed by atoms with Crippen molar-refractivity contribution >= 4 is 23.2 Å². The number of aromatic hydroxyl groups is 1. The third kappa shape index (κ3) is 2.69. The highest BCUT2D eigenvalue weighted by Gasteiger charge is 2.02. The molecule has 0 radical (unpaired) electrons. The molecule has 2 aromatic carbocycles. The molecule has 0 fully saturated rings. The Bertz CT molecular complexity index is 492. The van der Waals surface area contributed by atoms with Gasteiger partial charge in [0.1, 0.15) is 5.75 Å². The fourth-order valence-electron chi connectivity index (χ4n) is 1.50. The predicted molar refractivity (Wildman–Crippen MR) is 67.4 cm³/mol. The molecule has 0 aliphatic heterocycles. The smallest absolute Gasteiger partial charge is 0.115 e. The molecule has 3 heteroatoms. The predicted octanol–water partition coefficient (Wildman–Crippen LogP) is 4.29. The van der Waals surface area contributed by atoms with Gasteiger partial charge in [0.2, 0.25) is 0 Å². The van der Waals surface area contributed by atoms with Crippen molar-refractivity contribution in [3.63, 3.8) is 0 Å². The zero-order valence-corrected chi connectivity index (χ0v) is 9.96. The van der Waals surface area contributed by atoms with Crippen molar-refractivity contribution in [3.05, 3.63) is 63.6 Å². The molecule has 0 bridgehead atoms. The highest BCUT2D eigenvalue weighted by molar-refractivity contribution is 6.35. The molecular formula is C13H10Cl2O. The van der Waals surface area contributed by atoms with Crippen LogP contribution < -0.4 is 0 Å². The maximum Gasteiger partial charge on any atom is 0.115 e. The van der Waals surface area contributed by atoms with E-state index in [1.165, 1.54) is 0 Å². The Morgan fingerprint density at radius 1 is 0.938 bits per heavy atom. The van der Waals surface area contributed by atoms with Crippen molar-refractivity contribution in [2.45, 2.75) is 6.42 Å². The van der Waals surface area contributed by atoms with E-state index in [0.29, 0.717) is 10.0 Å². The average Bonchev–Trinajstić information content (AvgIpc) is 2.25. The molecule has 0 amide bonds. The molecule has 0 unspecified atom stereocenters. The van der Waals surface area contributed by atoms with Crippen LogP contribution in [0.1, 0.15) is 11.1 Å². The number of phenols is 1. The van der Waals surface area contributed by atoms with E-state index >= 15 is 0 Å². The number of rotatable bonds is 2. The van der Waals surface area contributed by atoms with Crippen LogP contribution in [0.3, 0.4) is 0 Å². The Labute approximate surface area is 104 Å². The van der Waals surface area contributed by atoms with Crippen LogP contribution in [-0.2, 0) is 6.42 Å². The Kier molecular flexibility index (Phi) is 3.37. The normalized spacial score (nSPS) is 10.4. The summed E-state index contributed by atoms with van der Waals surface area (Å²) in [6, 6.07) is 12.6. The van der Waals surface area contributed by atoms with Crippen molar-refractivity contribution in [3.8, 4) is 5.75 Å². The number of hydrogen-bond acceptors (Lipinski definition) is 1. The zero-order chi connectivity index (χ0) is 11.5. The van der Waals surface area contributed by atoms with E-state index in [1.807, 2.05) is 24.3 Å². The maximum atomic E-state index is 9.17. The summed E-state index contributed by atoms with van der Waals surface area (Å²) < 4.78 is 0. The summed E-state index contributed by atoms with van der Waals surface area (Å²) in [5.41, 5.74) is 2.12. The van der Waals surface area contributed by atoms with Gasteiger partial charge in [0, 0.05) is 10.0 Å². The molecular weight excluding hydrogens is 243 g/mol. The molecule has 0 aliphatic carbocycles. The minimum absolute atomic E-state index is 0.269. The molecule has 2 rings (SSSR count). The van der Waals surface area contributed by atoms with Crippen molar-refractivity contribution in [1.29, 1.82) is 0 Å². The van der Waals surface area contributed by atoms with Crippen LogP contribution in [0, 0.1) is 0 Å². The lowest BCUT2D eigenvalue weighted by atomic mass is 10.1. The summed E-state index contributed by atoms with van der Waals surface area (Å²) in [6.45, 7) is 0. The maximum absolute atomic E-state index is 9.17. The van der Waals surface area contributed by atoms with Gasteiger partial charge in [-0.25, -0.2) is 0 Å². The van der Waals surface area contributed by atoms with E-state index in [2.05, 4.69) is 0 Å². The van der Waals surface area contributed by atoms with Gasteiger partial charge in [-0.2, -0.15) is 0 Å². The van der Waals surface area contributed by atoms with Gasteiger partial charge in [-0.05, 0) is 41.8 Å². The summed E-state index contributed by atoms with van der Waals surface area (Å²) >= 11 is 11.9. The molecule has 0 heterocycles. The van der Waals surface area contributed by atoms with Gasteiger partial charge in [0.05, 0.1) is 0 Å². The van der Waals surface area contributed by atoms with Crippen LogP contribution in [0.2, 0.25) is 10.0 Å². The molecule has 0 saturated carbocycles. The minimum atomic E-state index is 0.269. The van der Waals surface area contributed by atoms with Crippen LogP contribution in [0.15, 0.2) is 42.5 Å². The van der Waals surface area contributed by atoms with Gasteiger partial charge in [-0.1, -0.05) is 41.4 Å². The van der Waals surface area contributed by atoms with Crippen LogP contribution in [0.4, 0.5) is 0 Å². The average molecular weight is 253 g/mol. The van der Waals surface area contributed by atoms with E-state index in [4.69, 9.17) is 23.2 Å². The van der Waals surface area contributed by atoms with Crippen LogP contribution in [0.5, 0.6) is 5.75 Å². The van der Waals surface area contributed by atoms with Gasteiger partial charge < -0.3 is 5.11 Å². The first-order chi connectivity index (χ1) is 7.65. The fourth-order valence-corrected chi connectivity index (χ4v) is 1.97. The first-order valence-corrected chi connectivity index (χ1v) is 5.62. The first kappa shape index (κ1) is 11.3. The molecule has 0 aromatic heterocycles. The molecule has 1 nitrogen and oxygen atoms in total. The fraction of sp³-hybridized carbons (Fsp3) is 0.0769. The Hall–Kier alpha value is -1.18. The van der Waals surface area contributed by atoms with E-state index in [-0.39, 0.29) is 5.75 Å². The monoisotopic (exact) mass is 252 g/mol. The van der Waals surface area contributed by atoms with Gasteiger partial charge >= 0.3 is 0 Å². The molecule has 0 aliphatic rings. The van der Waals surface area contributed by atoms with Gasteiger partial charge in [0.15, 0.2) is 0 Å². The second-order valence-corrected chi connectivity index (χ2v) is 4.42. The highest BCUT2D eigenvalue weighted by Crippen LogP contribution is 2.23. The Morgan fingerprint density at radius 3 is 2.25 bits per heavy atom. The molecule has 0 spiro atoms. The second kappa shape index (κ2) is 4.77. The second-order valence-electron chi connectivity index (χ2n) is 3.58. The SMILES string of the molecule is Oc1ccc(Cc2ccc(Cl)cc2Cl)cc1.